The molecule has 0 bridgehead atoms. The van der Waals surface area contributed by atoms with Crippen molar-refractivity contribution >= 4 is 71.2 Å². The van der Waals surface area contributed by atoms with Gasteiger partial charge in [0.15, 0.2) is 0 Å². The third-order valence-electron chi connectivity index (χ3n) is 12.5. The van der Waals surface area contributed by atoms with E-state index in [0.29, 0.717) is 37.7 Å². The van der Waals surface area contributed by atoms with Crippen molar-refractivity contribution in [2.75, 3.05) is 34.9 Å². The van der Waals surface area contributed by atoms with Gasteiger partial charge < -0.3 is 64.8 Å². The maximum Gasteiger partial charge on any atom is 0.335 e. The Kier molecular flexibility index (Phi) is 35.2. The molecule has 0 unspecified atom stereocenters. The minimum absolute atomic E-state index is 0. The Morgan fingerprint density at radius 2 is 1.09 bits per heavy atom. The molecule has 0 aromatic heterocycles. The average Bonchev–Trinajstić information content (AvgIpc) is 0.811. The molecule has 1 heterocycles. The zero-order valence-electron chi connectivity index (χ0n) is 58.7. The molecule has 0 saturated carbocycles. The zero-order chi connectivity index (χ0) is 70.8. The second-order valence-corrected chi connectivity index (χ2v) is 29.9. The molecule has 20 nitrogen and oxygen atoms in total. The minimum atomic E-state index is -1.63. The molecule has 7 N–H and O–H groups in total. The second kappa shape index (κ2) is 39.0. The Morgan fingerprint density at radius 1 is 0.596 bits per heavy atom. The molecule has 94 heavy (non-hydrogen) atoms. The van der Waals surface area contributed by atoms with Crippen LogP contribution in [-0.4, -0.2) is 124 Å². The summed E-state index contributed by atoms with van der Waals surface area (Å²) in [5.74, 6) is -0.701. The van der Waals surface area contributed by atoms with Crippen LogP contribution >= 0.6 is 11.8 Å². The fourth-order valence-electron chi connectivity index (χ4n) is 7.82. The summed E-state index contributed by atoms with van der Waals surface area (Å²) in [4.78, 5) is 69.3. The van der Waals surface area contributed by atoms with E-state index in [1.165, 1.54) is 11.8 Å². The molecule has 0 aliphatic carbocycles. The van der Waals surface area contributed by atoms with Crippen LogP contribution in [0.3, 0.4) is 0 Å². The van der Waals surface area contributed by atoms with E-state index in [1.807, 2.05) is 156 Å². The molecule has 5 atom stereocenters. The number of nitrogens with one attached hydrogen (secondary N) is 3. The third kappa shape index (κ3) is 33.8. The van der Waals surface area contributed by atoms with Gasteiger partial charge in [0.1, 0.15) is 50.5 Å². The van der Waals surface area contributed by atoms with E-state index < -0.39 is 53.1 Å². The molecule has 1 aliphatic rings. The molecule has 0 amide bonds. The van der Waals surface area contributed by atoms with Crippen LogP contribution in [0.2, 0.25) is 0 Å². The number of hydrogen-bond acceptors (Lipinski definition) is 20. The van der Waals surface area contributed by atoms with Crippen molar-refractivity contribution in [1.82, 2.24) is 0 Å². The molecule has 4 aromatic carbocycles. The summed E-state index contributed by atoms with van der Waals surface area (Å²) < 4.78 is 36.7. The van der Waals surface area contributed by atoms with Gasteiger partial charge >= 0.3 is 29.8 Å². The molecule has 5 rings (SSSR count). The fraction of sp³-hybridized carbons (Fsp3) is 0.562. The smallest absolute Gasteiger partial charge is 0.335 e. The van der Waals surface area contributed by atoms with E-state index in [1.54, 1.807) is 45.0 Å². The first-order valence-electron chi connectivity index (χ1n) is 31.3. The van der Waals surface area contributed by atoms with Gasteiger partial charge in [-0.1, -0.05) is 71.5 Å². The van der Waals surface area contributed by atoms with Crippen LogP contribution in [0.4, 0.5) is 17.1 Å². The lowest BCUT2D eigenvalue weighted by molar-refractivity contribution is -0.321. The van der Waals surface area contributed by atoms with E-state index in [0.717, 1.165) is 44.2 Å². The van der Waals surface area contributed by atoms with E-state index in [4.69, 9.17) is 28.4 Å². The number of aliphatic hydroxyl groups is 3. The van der Waals surface area contributed by atoms with Gasteiger partial charge in [0.2, 0.25) is 12.6 Å². The van der Waals surface area contributed by atoms with Crippen molar-refractivity contribution in [3.05, 3.63) is 119 Å². The van der Waals surface area contributed by atoms with Crippen molar-refractivity contribution in [1.29, 1.82) is 0 Å². The molecule has 0 spiro atoms. The number of benzene rings is 4. The quantitative estimate of drug-likeness (QED) is 0.0119. The normalized spacial score (nSPS) is 16.5. The van der Waals surface area contributed by atoms with E-state index in [9.17, 15) is 49.2 Å². The number of carboxylic acids is 1. The fourth-order valence-corrected chi connectivity index (χ4v) is 8.64. The number of aromatic carboxylic acids is 1. The summed E-state index contributed by atoms with van der Waals surface area (Å²) >= 11 is 1.47. The number of hydrogen-bond donors (Lipinski definition) is 7. The number of thioether (sulfide) groups is 1. The van der Waals surface area contributed by atoms with Crippen molar-refractivity contribution < 1.29 is 82.4 Å². The van der Waals surface area contributed by atoms with Crippen molar-refractivity contribution in [2.24, 2.45) is 28.1 Å². The highest BCUT2D eigenvalue weighted by molar-refractivity contribution is 7.99. The van der Waals surface area contributed by atoms with E-state index >= 15 is 0 Å². The van der Waals surface area contributed by atoms with Crippen LogP contribution in [0.25, 0.3) is 6.08 Å². The third-order valence-corrected chi connectivity index (χ3v) is 13.4. The molecule has 1 aliphatic heterocycles. The van der Waals surface area contributed by atoms with Gasteiger partial charge in [-0.2, -0.15) is 0 Å². The van der Waals surface area contributed by atoms with Gasteiger partial charge in [-0.15, -0.1) is 11.8 Å². The Labute approximate surface area is 564 Å². The number of carbonyl (C=O) groups is 6. The highest BCUT2D eigenvalue weighted by Crippen LogP contribution is 2.31. The Hall–Kier alpha value is -7.17. The average molecular weight is 1330 g/mol. The van der Waals surface area contributed by atoms with Gasteiger partial charge in [0.25, 0.3) is 6.47 Å². The van der Waals surface area contributed by atoms with Crippen LogP contribution in [0.1, 0.15) is 185 Å². The second-order valence-electron chi connectivity index (χ2n) is 28.7. The van der Waals surface area contributed by atoms with Gasteiger partial charge in [0.05, 0.1) is 27.7 Å². The first-order chi connectivity index (χ1) is 42.9. The highest BCUT2D eigenvalue weighted by Gasteiger charge is 2.46. The van der Waals surface area contributed by atoms with Crippen LogP contribution < -0.4 is 20.7 Å². The lowest BCUT2D eigenvalue weighted by Crippen LogP contribution is -2.59. The van der Waals surface area contributed by atoms with Crippen LogP contribution in [0.5, 0.6) is 5.75 Å². The SMILES string of the molecule is C.CC(C)(C)Nc1ccc(COC(=O)C(C)(C)C)cc1.CC(C)C(=O)OC/C=C/c1ccc(NC(C)(C)C)cc1.CC(C)Cc1cc(COC(=O)C(C)(C)C)ccc1O[C@@H]1O[C@H](OC=O)[C@@H](O)[C@H](O)[C@H]1O.CC(C)Nc1cc(SCCOC(=O)C(C)(C)C)cc(C(=O)O)c1. The topological polar surface area (TPSA) is 284 Å². The maximum atomic E-state index is 12.0. The molecule has 21 heteroatoms. The summed E-state index contributed by atoms with van der Waals surface area (Å²) in [6, 6.07) is 26.7. The predicted molar refractivity (Wildman–Crippen MR) is 372 cm³/mol. The molecular weight excluding hydrogens is 1220 g/mol. The Morgan fingerprint density at radius 3 is 1.55 bits per heavy atom. The van der Waals surface area contributed by atoms with Crippen LogP contribution in [0.15, 0.2) is 95.9 Å². The molecule has 1 saturated heterocycles. The molecule has 4 aromatic rings. The number of anilines is 3. The minimum Gasteiger partial charge on any atom is -0.478 e. The highest BCUT2D eigenvalue weighted by atomic mass is 32.2. The van der Waals surface area contributed by atoms with Gasteiger partial charge in [-0.25, -0.2) is 4.79 Å². The van der Waals surface area contributed by atoms with E-state index in [-0.39, 0.29) is 78.9 Å². The Balaban J connectivity index is 0.000000637. The maximum absolute atomic E-state index is 12.0. The lowest BCUT2D eigenvalue weighted by atomic mass is 9.97. The van der Waals surface area contributed by atoms with Gasteiger partial charge in [-0.3, -0.25) is 28.7 Å². The largest absolute Gasteiger partial charge is 0.478 e. The monoisotopic (exact) mass is 1330 g/mol. The molecule has 1 fully saturated rings. The first kappa shape index (κ1) is 84.8. The van der Waals surface area contributed by atoms with Crippen LogP contribution in [0, 0.1) is 28.1 Å². The summed E-state index contributed by atoms with van der Waals surface area (Å²) in [5.41, 5.74) is 5.34. The Bertz CT molecular complexity index is 3000. The zero-order valence-corrected chi connectivity index (χ0v) is 59.5. The number of rotatable bonds is 23. The number of carbonyl (C=O) groups excluding carboxylic acids is 5. The number of esters is 4. The lowest BCUT2D eigenvalue weighted by Gasteiger charge is -2.39. The molecule has 0 radical (unpaired) electrons. The van der Waals surface area contributed by atoms with Gasteiger partial charge in [-0.05, 0) is 213 Å². The number of carboxylic acid groups (broad SMARTS) is 1. The molecule has 526 valence electrons. The van der Waals surface area contributed by atoms with Crippen molar-refractivity contribution in [2.45, 2.75) is 225 Å². The first-order valence-corrected chi connectivity index (χ1v) is 32.3. The standard InChI is InChI=1S/C22H32O9.C17H25NO4S.C17H25NO2.C16H25NO2.CH4/c1-12(2)8-14-9-13(10-28-21(27)22(3,4)5)6-7-15(14)30-20-18(26)16(24)17(25)19(31-20)29-11-23;1-11(2)18-13-8-12(15(19)20)9-14(10-13)23-7-6-22-16(21)17(3,4)5;1-13(2)16(19)20-12-6-7-14-8-10-15(11-9-14)18-17(3,4)5;1-15(2,3)14(18)19-11-12-7-9-13(10-8-12)17-16(4,5)6;/h6-7,9,11-12,16-20,24-26H,8,10H2,1-5H3;8-11,18H,6-7H2,1-5H3,(H,19,20);6-11,13,18H,12H2,1-5H3;7-10,17H,11H2,1-6H3;1H4/b;;7-6+;;/t16-,17-,18+,19-,20+;;;;/m0..../s1. The summed E-state index contributed by atoms with van der Waals surface area (Å²) in [7, 11) is 0. The summed E-state index contributed by atoms with van der Waals surface area (Å²) in [6.07, 6.45) is -3.24. The number of ether oxygens (including phenoxy) is 7. The summed E-state index contributed by atoms with van der Waals surface area (Å²) in [6.45, 7) is 41.9. The number of aliphatic hydroxyl groups excluding tert-OH is 3. The predicted octanol–water partition coefficient (Wildman–Crippen LogP) is 13.9. The van der Waals surface area contributed by atoms with Crippen molar-refractivity contribution in [3.8, 4) is 5.75 Å². The van der Waals surface area contributed by atoms with Crippen molar-refractivity contribution in [3.63, 3.8) is 0 Å². The summed E-state index contributed by atoms with van der Waals surface area (Å²) in [5, 5.41) is 49.4. The van der Waals surface area contributed by atoms with Crippen LogP contribution in [-0.2, 0) is 72.0 Å². The van der Waals surface area contributed by atoms with E-state index in [2.05, 4.69) is 62.2 Å². The molecular formula is C73H111N3O17S. The van der Waals surface area contributed by atoms with Gasteiger partial charge in [0, 0.05) is 44.8 Å².